The number of ether oxygens (including phenoxy) is 2. The number of aromatic amines is 1. The summed E-state index contributed by atoms with van der Waals surface area (Å²) < 4.78 is 11.3. The molecule has 2 aromatic heterocycles. The van der Waals surface area contributed by atoms with Gasteiger partial charge in [-0.2, -0.15) is 4.98 Å². The zero-order valence-corrected chi connectivity index (χ0v) is 19.5. The van der Waals surface area contributed by atoms with Crippen LogP contribution in [0.3, 0.4) is 0 Å². The summed E-state index contributed by atoms with van der Waals surface area (Å²) in [4.78, 5) is 23.6. The maximum Gasteiger partial charge on any atom is 0.249 e. The van der Waals surface area contributed by atoms with Gasteiger partial charge in [0.2, 0.25) is 11.4 Å². The zero-order valence-electron chi connectivity index (χ0n) is 19.5. The van der Waals surface area contributed by atoms with Crippen LogP contribution in [0.1, 0.15) is 12.8 Å². The number of fused-ring (bicyclic) bond motifs is 2. The van der Waals surface area contributed by atoms with E-state index in [1.165, 1.54) is 22.5 Å². The average molecular weight is 459 g/mol. The zero-order chi connectivity index (χ0) is 23.3. The Morgan fingerprint density at radius 2 is 1.76 bits per heavy atom. The summed E-state index contributed by atoms with van der Waals surface area (Å²) in [5.74, 6) is 1.45. The first-order chi connectivity index (χ1) is 16.7. The third kappa shape index (κ3) is 4.99. The number of H-pyrrole nitrogens is 1. The number of nitrogens with zero attached hydrogens (tertiary/aromatic N) is 3. The number of rotatable bonds is 8. The molecule has 3 heterocycles. The topological polar surface area (TPSA) is 70.7 Å². The first-order valence-corrected chi connectivity index (χ1v) is 11.9. The van der Waals surface area contributed by atoms with Crippen LogP contribution < -0.4 is 19.9 Å². The maximum atomic E-state index is 11.5. The van der Waals surface area contributed by atoms with E-state index in [1.54, 1.807) is 13.2 Å². The van der Waals surface area contributed by atoms with Gasteiger partial charge in [-0.15, -0.1) is 0 Å². The number of benzene rings is 2. The first-order valence-electron chi connectivity index (χ1n) is 11.9. The van der Waals surface area contributed by atoms with E-state index in [9.17, 15) is 4.79 Å². The molecular formula is C27H30N4O3. The van der Waals surface area contributed by atoms with Crippen LogP contribution in [0, 0.1) is 0 Å². The lowest BCUT2D eigenvalue weighted by molar-refractivity contribution is 0.237. The fourth-order valence-corrected chi connectivity index (χ4v) is 4.56. The summed E-state index contributed by atoms with van der Waals surface area (Å²) in [5.41, 5.74) is 1.69. The lowest BCUT2D eigenvalue weighted by Gasteiger charge is -2.36. The molecule has 176 valence electrons. The second-order valence-corrected chi connectivity index (χ2v) is 8.66. The van der Waals surface area contributed by atoms with Crippen molar-refractivity contribution in [3.05, 3.63) is 71.0 Å². The summed E-state index contributed by atoms with van der Waals surface area (Å²) in [7, 11) is 1.72. The molecule has 7 heteroatoms. The predicted molar refractivity (Wildman–Crippen MR) is 136 cm³/mol. The van der Waals surface area contributed by atoms with Gasteiger partial charge in [-0.05, 0) is 55.1 Å². The van der Waals surface area contributed by atoms with Gasteiger partial charge in [0, 0.05) is 54.8 Å². The van der Waals surface area contributed by atoms with Crippen molar-refractivity contribution in [2.24, 2.45) is 0 Å². The molecule has 1 aliphatic rings. The van der Waals surface area contributed by atoms with Gasteiger partial charge < -0.3 is 19.4 Å². The molecule has 0 bridgehead atoms. The Morgan fingerprint density at radius 3 is 2.62 bits per heavy atom. The van der Waals surface area contributed by atoms with E-state index in [0.717, 1.165) is 56.7 Å². The van der Waals surface area contributed by atoms with Crippen molar-refractivity contribution in [2.45, 2.75) is 12.8 Å². The fraction of sp³-hybridized carbons (Fsp3) is 0.333. The molecule has 34 heavy (non-hydrogen) atoms. The Balaban J connectivity index is 1.08. The van der Waals surface area contributed by atoms with Gasteiger partial charge >= 0.3 is 0 Å². The molecule has 7 nitrogen and oxygen atoms in total. The quantitative estimate of drug-likeness (QED) is 0.402. The van der Waals surface area contributed by atoms with Crippen LogP contribution in [0.2, 0.25) is 0 Å². The lowest BCUT2D eigenvalue weighted by Crippen LogP contribution is -2.46. The average Bonchev–Trinajstić information content (AvgIpc) is 2.88. The van der Waals surface area contributed by atoms with Crippen LogP contribution >= 0.6 is 0 Å². The second-order valence-electron chi connectivity index (χ2n) is 8.66. The normalized spacial score (nSPS) is 14.6. The third-order valence-electron chi connectivity index (χ3n) is 6.45. The smallest absolute Gasteiger partial charge is 0.249 e. The number of piperazine rings is 1. The summed E-state index contributed by atoms with van der Waals surface area (Å²) in [6.45, 7) is 5.84. The molecule has 0 spiro atoms. The van der Waals surface area contributed by atoms with E-state index in [1.807, 2.05) is 18.2 Å². The third-order valence-corrected chi connectivity index (χ3v) is 6.45. The van der Waals surface area contributed by atoms with Gasteiger partial charge in [-0.3, -0.25) is 9.69 Å². The van der Waals surface area contributed by atoms with E-state index in [4.69, 9.17) is 9.47 Å². The van der Waals surface area contributed by atoms with Crippen LogP contribution in [0.4, 0.5) is 5.69 Å². The second kappa shape index (κ2) is 10.1. The molecule has 5 rings (SSSR count). The highest BCUT2D eigenvalue weighted by molar-refractivity contribution is 5.95. The van der Waals surface area contributed by atoms with Crippen molar-refractivity contribution in [2.75, 3.05) is 51.3 Å². The first kappa shape index (κ1) is 22.2. The van der Waals surface area contributed by atoms with E-state index in [2.05, 4.69) is 50.1 Å². The molecule has 1 saturated heterocycles. The molecule has 0 unspecified atom stereocenters. The van der Waals surface area contributed by atoms with Crippen LogP contribution in [-0.2, 0) is 0 Å². The molecule has 1 N–H and O–H groups in total. The van der Waals surface area contributed by atoms with Crippen molar-refractivity contribution >= 4 is 27.5 Å². The summed E-state index contributed by atoms with van der Waals surface area (Å²) in [5, 5.41) is 3.39. The Bertz CT molecular complexity index is 1330. The molecule has 2 aromatic carbocycles. The summed E-state index contributed by atoms with van der Waals surface area (Å²) in [6, 6.07) is 19.8. The van der Waals surface area contributed by atoms with Crippen molar-refractivity contribution < 1.29 is 9.47 Å². The Hall–Kier alpha value is -3.58. The van der Waals surface area contributed by atoms with Crippen LogP contribution in [0.15, 0.2) is 65.5 Å². The Morgan fingerprint density at radius 1 is 0.941 bits per heavy atom. The van der Waals surface area contributed by atoms with Crippen molar-refractivity contribution in [3.63, 3.8) is 0 Å². The van der Waals surface area contributed by atoms with E-state index < -0.39 is 0 Å². The number of nitrogens with one attached hydrogen (secondary N) is 1. The van der Waals surface area contributed by atoms with Gasteiger partial charge in [0.1, 0.15) is 11.4 Å². The SMILES string of the molecule is COc1ccc2cccc(N3CCN(CCCCOc4ccc5ccc(=O)[nH]c5n4)CC3)c2c1. The van der Waals surface area contributed by atoms with Crippen molar-refractivity contribution in [1.82, 2.24) is 14.9 Å². The van der Waals surface area contributed by atoms with Crippen molar-refractivity contribution in [3.8, 4) is 11.6 Å². The van der Waals surface area contributed by atoms with E-state index in [0.29, 0.717) is 18.1 Å². The highest BCUT2D eigenvalue weighted by Gasteiger charge is 2.18. The molecule has 0 radical (unpaired) electrons. The molecule has 0 aliphatic carbocycles. The monoisotopic (exact) mass is 458 g/mol. The van der Waals surface area contributed by atoms with E-state index >= 15 is 0 Å². The highest BCUT2D eigenvalue weighted by atomic mass is 16.5. The number of unbranched alkanes of at least 4 members (excludes halogenated alkanes) is 1. The number of hydrogen-bond donors (Lipinski definition) is 1. The highest BCUT2D eigenvalue weighted by Crippen LogP contribution is 2.30. The lowest BCUT2D eigenvalue weighted by atomic mass is 10.1. The molecule has 4 aromatic rings. The molecule has 0 saturated carbocycles. The standard InChI is InChI=1S/C27H30N4O3/c1-33-22-10-7-20-5-4-6-24(23(20)19-22)31-16-14-30(15-17-31)13-2-3-18-34-26-12-9-21-8-11-25(32)28-27(21)29-26/h4-12,19H,2-3,13-18H2,1H3,(H,28,29,32). The fourth-order valence-electron chi connectivity index (χ4n) is 4.56. The summed E-state index contributed by atoms with van der Waals surface area (Å²) >= 11 is 0. The van der Waals surface area contributed by atoms with Crippen LogP contribution in [-0.4, -0.2) is 61.3 Å². The van der Waals surface area contributed by atoms with Crippen LogP contribution in [0.5, 0.6) is 11.6 Å². The Labute approximate surface area is 198 Å². The largest absolute Gasteiger partial charge is 0.497 e. The minimum atomic E-state index is -0.155. The number of aromatic nitrogens is 2. The predicted octanol–water partition coefficient (Wildman–Crippen LogP) is 4.07. The minimum absolute atomic E-state index is 0.155. The van der Waals surface area contributed by atoms with E-state index in [-0.39, 0.29) is 5.56 Å². The molecule has 1 aliphatic heterocycles. The Kier molecular flexibility index (Phi) is 6.62. The van der Waals surface area contributed by atoms with Gasteiger partial charge in [0.15, 0.2) is 0 Å². The van der Waals surface area contributed by atoms with Gasteiger partial charge in [-0.1, -0.05) is 18.2 Å². The van der Waals surface area contributed by atoms with Gasteiger partial charge in [-0.25, -0.2) is 0 Å². The molecule has 0 atom stereocenters. The van der Waals surface area contributed by atoms with Gasteiger partial charge in [0.05, 0.1) is 13.7 Å². The van der Waals surface area contributed by atoms with Crippen LogP contribution in [0.25, 0.3) is 21.8 Å². The molecule has 1 fully saturated rings. The number of anilines is 1. The van der Waals surface area contributed by atoms with Gasteiger partial charge in [0.25, 0.3) is 0 Å². The molecule has 0 amide bonds. The number of pyridine rings is 2. The summed E-state index contributed by atoms with van der Waals surface area (Å²) in [6.07, 6.45) is 2.05. The minimum Gasteiger partial charge on any atom is -0.497 e. The number of methoxy groups -OCH3 is 1. The number of hydrogen-bond acceptors (Lipinski definition) is 6. The van der Waals surface area contributed by atoms with Crippen molar-refractivity contribution in [1.29, 1.82) is 0 Å². The molecular weight excluding hydrogens is 428 g/mol. The maximum absolute atomic E-state index is 11.5.